The Hall–Kier alpha value is -1.56. The van der Waals surface area contributed by atoms with E-state index in [1.807, 2.05) is 4.90 Å². The Kier molecular flexibility index (Phi) is 6.12. The molecule has 0 aromatic carbocycles. The zero-order chi connectivity index (χ0) is 16.8. The number of allylic oxidation sites excluding steroid dienone is 1. The van der Waals surface area contributed by atoms with Gasteiger partial charge in [-0.2, -0.15) is 0 Å². The molecule has 2 fully saturated rings. The highest BCUT2D eigenvalue weighted by Crippen LogP contribution is 2.20. The normalized spacial score (nSPS) is 23.1. The molecular formula is C18H30N4O2. The van der Waals surface area contributed by atoms with E-state index in [9.17, 15) is 9.59 Å². The molecule has 2 N–H and O–H groups in total. The van der Waals surface area contributed by atoms with E-state index in [2.05, 4.69) is 21.6 Å². The van der Waals surface area contributed by atoms with E-state index in [4.69, 9.17) is 0 Å². The number of carbonyl (C=O) groups is 2. The van der Waals surface area contributed by atoms with Gasteiger partial charge >= 0.3 is 6.03 Å². The number of likely N-dealkylation sites (tertiary alicyclic amines) is 1. The van der Waals surface area contributed by atoms with Crippen LogP contribution in [0.25, 0.3) is 0 Å². The molecule has 0 aromatic rings. The van der Waals surface area contributed by atoms with Crippen LogP contribution in [-0.2, 0) is 4.79 Å². The van der Waals surface area contributed by atoms with Gasteiger partial charge in [0.05, 0.1) is 6.54 Å². The number of urea groups is 1. The van der Waals surface area contributed by atoms with E-state index in [0.29, 0.717) is 12.6 Å². The van der Waals surface area contributed by atoms with Gasteiger partial charge in [-0.25, -0.2) is 4.79 Å². The van der Waals surface area contributed by atoms with Crippen molar-refractivity contribution in [3.05, 3.63) is 11.6 Å². The second kappa shape index (κ2) is 8.51. The fourth-order valence-corrected chi connectivity index (χ4v) is 3.98. The molecule has 0 spiro atoms. The molecule has 0 bridgehead atoms. The van der Waals surface area contributed by atoms with E-state index in [0.717, 1.165) is 52.0 Å². The molecule has 0 saturated carbocycles. The van der Waals surface area contributed by atoms with Crippen molar-refractivity contribution in [2.45, 2.75) is 51.0 Å². The predicted molar refractivity (Wildman–Crippen MR) is 93.7 cm³/mol. The average molecular weight is 334 g/mol. The Labute approximate surface area is 144 Å². The minimum Gasteiger partial charge on any atom is -0.355 e. The monoisotopic (exact) mass is 334 g/mol. The van der Waals surface area contributed by atoms with Crippen molar-refractivity contribution in [3.63, 3.8) is 0 Å². The highest BCUT2D eigenvalue weighted by atomic mass is 16.2. The zero-order valence-electron chi connectivity index (χ0n) is 14.6. The van der Waals surface area contributed by atoms with Crippen molar-refractivity contribution in [1.29, 1.82) is 0 Å². The molecule has 0 aromatic heterocycles. The molecule has 3 amide bonds. The molecule has 6 nitrogen and oxygen atoms in total. The van der Waals surface area contributed by atoms with Crippen molar-refractivity contribution in [2.24, 2.45) is 0 Å². The maximum Gasteiger partial charge on any atom is 0.317 e. The first-order valence-electron chi connectivity index (χ1n) is 9.44. The van der Waals surface area contributed by atoms with Gasteiger partial charge < -0.3 is 15.5 Å². The van der Waals surface area contributed by atoms with Crippen molar-refractivity contribution >= 4 is 11.9 Å². The summed E-state index contributed by atoms with van der Waals surface area (Å²) in [5.74, 6) is 0.128. The van der Waals surface area contributed by atoms with Gasteiger partial charge in [-0.1, -0.05) is 11.6 Å². The molecule has 6 heteroatoms. The maximum atomic E-state index is 12.1. The number of rotatable bonds is 6. The Morgan fingerprint density at radius 1 is 1.25 bits per heavy atom. The number of nitrogens with zero attached hydrogens (tertiary/aromatic N) is 2. The Bertz CT molecular complexity index is 483. The summed E-state index contributed by atoms with van der Waals surface area (Å²) in [5.41, 5.74) is 1.51. The van der Waals surface area contributed by atoms with Crippen LogP contribution in [0.1, 0.15) is 44.9 Å². The van der Waals surface area contributed by atoms with E-state index in [1.54, 1.807) is 0 Å². The van der Waals surface area contributed by atoms with Crippen molar-refractivity contribution in [1.82, 2.24) is 20.4 Å². The first-order valence-corrected chi connectivity index (χ1v) is 9.44. The lowest BCUT2D eigenvalue weighted by Gasteiger charge is -2.35. The van der Waals surface area contributed by atoms with Gasteiger partial charge in [-0.15, -0.1) is 0 Å². The van der Waals surface area contributed by atoms with E-state index in [-0.39, 0.29) is 11.9 Å². The molecule has 3 aliphatic rings. The molecular weight excluding hydrogens is 304 g/mol. The molecule has 2 saturated heterocycles. The van der Waals surface area contributed by atoms with Crippen LogP contribution >= 0.6 is 0 Å². The van der Waals surface area contributed by atoms with Gasteiger partial charge in [0.2, 0.25) is 5.91 Å². The van der Waals surface area contributed by atoms with Gasteiger partial charge in [0.25, 0.3) is 0 Å². The molecule has 2 heterocycles. The largest absolute Gasteiger partial charge is 0.355 e. The summed E-state index contributed by atoms with van der Waals surface area (Å²) in [6.45, 7) is 4.62. The number of carbonyl (C=O) groups excluding carboxylic acids is 2. The quantitative estimate of drug-likeness (QED) is 0.723. The van der Waals surface area contributed by atoms with Gasteiger partial charge in [0, 0.05) is 38.8 Å². The molecule has 0 atom stereocenters. The summed E-state index contributed by atoms with van der Waals surface area (Å²) >= 11 is 0. The number of amides is 3. The fourth-order valence-electron chi connectivity index (χ4n) is 3.98. The zero-order valence-corrected chi connectivity index (χ0v) is 14.6. The molecule has 2 aliphatic heterocycles. The molecule has 24 heavy (non-hydrogen) atoms. The molecule has 3 rings (SSSR count). The smallest absolute Gasteiger partial charge is 0.317 e. The van der Waals surface area contributed by atoms with Crippen LogP contribution in [-0.4, -0.2) is 67.0 Å². The van der Waals surface area contributed by atoms with Gasteiger partial charge in [0.15, 0.2) is 0 Å². The summed E-state index contributed by atoms with van der Waals surface area (Å²) in [4.78, 5) is 28.0. The summed E-state index contributed by atoms with van der Waals surface area (Å²) in [6, 6.07) is 0.410. The van der Waals surface area contributed by atoms with Crippen LogP contribution in [0.4, 0.5) is 4.79 Å². The molecule has 0 unspecified atom stereocenters. The lowest BCUT2D eigenvalue weighted by atomic mass is 9.97. The number of hydrogen-bond acceptors (Lipinski definition) is 3. The van der Waals surface area contributed by atoms with Gasteiger partial charge in [-0.3, -0.25) is 9.69 Å². The maximum absolute atomic E-state index is 12.1. The van der Waals surface area contributed by atoms with Gasteiger partial charge in [0.1, 0.15) is 0 Å². The van der Waals surface area contributed by atoms with E-state index >= 15 is 0 Å². The van der Waals surface area contributed by atoms with Crippen LogP contribution < -0.4 is 10.6 Å². The minimum absolute atomic E-state index is 0.0724. The second-order valence-corrected chi connectivity index (χ2v) is 7.14. The minimum atomic E-state index is 0.0724. The standard InChI is InChI=1S/C18H30N4O2/c23-17(19-9-6-15-4-2-1-3-5-15)14-21-11-7-16(8-12-21)22-13-10-20-18(22)24/h4,16H,1-3,5-14H2,(H,19,23)(H,20,24). The molecule has 0 radical (unpaired) electrons. The predicted octanol–water partition coefficient (Wildman–Crippen LogP) is 1.48. The summed E-state index contributed by atoms with van der Waals surface area (Å²) < 4.78 is 0. The Balaban J connectivity index is 1.31. The van der Waals surface area contributed by atoms with Gasteiger partial charge in [-0.05, 0) is 44.9 Å². The highest BCUT2D eigenvalue weighted by molar-refractivity contribution is 5.78. The molecule has 1 aliphatic carbocycles. The van der Waals surface area contributed by atoms with Crippen LogP contribution in [0, 0.1) is 0 Å². The number of hydrogen-bond donors (Lipinski definition) is 2. The summed E-state index contributed by atoms with van der Waals surface area (Å²) in [5, 5.41) is 5.92. The van der Waals surface area contributed by atoms with Crippen molar-refractivity contribution in [3.8, 4) is 0 Å². The first kappa shape index (κ1) is 17.3. The van der Waals surface area contributed by atoms with Crippen LogP contribution in [0.15, 0.2) is 11.6 Å². The highest BCUT2D eigenvalue weighted by Gasteiger charge is 2.30. The van der Waals surface area contributed by atoms with Crippen molar-refractivity contribution in [2.75, 3.05) is 39.3 Å². The third-order valence-electron chi connectivity index (χ3n) is 5.41. The third-order valence-corrected chi connectivity index (χ3v) is 5.41. The Morgan fingerprint density at radius 2 is 2.08 bits per heavy atom. The van der Waals surface area contributed by atoms with E-state index in [1.165, 1.54) is 31.3 Å². The van der Waals surface area contributed by atoms with Crippen LogP contribution in [0.5, 0.6) is 0 Å². The number of nitrogens with one attached hydrogen (secondary N) is 2. The third kappa shape index (κ3) is 4.72. The molecule has 134 valence electrons. The SMILES string of the molecule is O=C(CN1CCC(N2CCNC2=O)CC1)NCCC1=CCCCC1. The lowest BCUT2D eigenvalue weighted by Crippen LogP contribution is -2.48. The lowest BCUT2D eigenvalue weighted by molar-refractivity contribution is -0.122. The topological polar surface area (TPSA) is 64.7 Å². The first-order chi connectivity index (χ1) is 11.7. The Morgan fingerprint density at radius 3 is 2.75 bits per heavy atom. The number of piperidine rings is 1. The fraction of sp³-hybridized carbons (Fsp3) is 0.778. The average Bonchev–Trinajstić information content (AvgIpc) is 3.03. The second-order valence-electron chi connectivity index (χ2n) is 7.14. The van der Waals surface area contributed by atoms with Crippen molar-refractivity contribution < 1.29 is 9.59 Å². The van der Waals surface area contributed by atoms with Crippen LogP contribution in [0.2, 0.25) is 0 Å². The van der Waals surface area contributed by atoms with E-state index < -0.39 is 0 Å². The van der Waals surface area contributed by atoms with Crippen LogP contribution in [0.3, 0.4) is 0 Å². The summed E-state index contributed by atoms with van der Waals surface area (Å²) in [6.07, 6.45) is 10.3. The summed E-state index contributed by atoms with van der Waals surface area (Å²) in [7, 11) is 0.